The lowest BCUT2D eigenvalue weighted by molar-refractivity contribution is -0.125. The van der Waals surface area contributed by atoms with E-state index in [1.165, 1.54) is 25.8 Å². The number of carbonyl (C=O) groups excluding carboxylic acids is 1. The van der Waals surface area contributed by atoms with Crippen molar-refractivity contribution >= 4 is 5.91 Å². The second-order valence-electron chi connectivity index (χ2n) is 4.70. The summed E-state index contributed by atoms with van der Waals surface area (Å²) in [5.41, 5.74) is 2.22. The van der Waals surface area contributed by atoms with Crippen LogP contribution < -0.4 is 11.3 Å². The van der Waals surface area contributed by atoms with Crippen LogP contribution in [0.3, 0.4) is 0 Å². The SMILES string of the molecule is CC(CN1CC2CCC1C2)C(=O)NN. The molecule has 3 N–H and O–H groups in total. The average molecular weight is 197 g/mol. The number of carbonyl (C=O) groups is 1. The number of piperidine rings is 1. The van der Waals surface area contributed by atoms with Gasteiger partial charge in [0.2, 0.25) is 5.91 Å². The average Bonchev–Trinajstić information content (AvgIpc) is 2.77. The second kappa shape index (κ2) is 3.87. The van der Waals surface area contributed by atoms with Gasteiger partial charge in [0.1, 0.15) is 0 Å². The highest BCUT2D eigenvalue weighted by atomic mass is 16.2. The highest BCUT2D eigenvalue weighted by Crippen LogP contribution is 2.37. The summed E-state index contributed by atoms with van der Waals surface area (Å²) in [5.74, 6) is 5.97. The third-order valence-electron chi connectivity index (χ3n) is 3.62. The number of fused-ring (bicyclic) bond motifs is 2. The Labute approximate surface area is 84.8 Å². The van der Waals surface area contributed by atoms with Gasteiger partial charge in [-0.25, -0.2) is 5.84 Å². The molecule has 0 aromatic carbocycles. The maximum absolute atomic E-state index is 11.2. The number of hydrogen-bond donors (Lipinski definition) is 2. The molecule has 0 aromatic rings. The predicted molar refractivity (Wildman–Crippen MR) is 54.2 cm³/mol. The molecule has 14 heavy (non-hydrogen) atoms. The van der Waals surface area contributed by atoms with Crippen molar-refractivity contribution in [2.45, 2.75) is 32.2 Å². The van der Waals surface area contributed by atoms with Gasteiger partial charge in [-0.05, 0) is 25.2 Å². The van der Waals surface area contributed by atoms with E-state index in [9.17, 15) is 4.79 Å². The summed E-state index contributed by atoms with van der Waals surface area (Å²) in [7, 11) is 0. The Morgan fingerprint density at radius 2 is 2.43 bits per heavy atom. The Morgan fingerprint density at radius 1 is 1.64 bits per heavy atom. The van der Waals surface area contributed by atoms with Crippen LogP contribution in [0.4, 0.5) is 0 Å². The van der Waals surface area contributed by atoms with Gasteiger partial charge in [0, 0.05) is 25.0 Å². The van der Waals surface area contributed by atoms with Crippen LogP contribution >= 0.6 is 0 Å². The topological polar surface area (TPSA) is 58.4 Å². The number of nitrogens with two attached hydrogens (primary N) is 1. The Hall–Kier alpha value is -0.610. The molecule has 0 spiro atoms. The zero-order valence-electron chi connectivity index (χ0n) is 8.70. The monoisotopic (exact) mass is 197 g/mol. The lowest BCUT2D eigenvalue weighted by Crippen LogP contribution is -2.42. The van der Waals surface area contributed by atoms with Gasteiger partial charge in [0.25, 0.3) is 0 Å². The Morgan fingerprint density at radius 3 is 2.93 bits per heavy atom. The molecule has 4 heteroatoms. The molecule has 1 saturated carbocycles. The minimum Gasteiger partial charge on any atom is -0.299 e. The molecule has 80 valence electrons. The summed E-state index contributed by atoms with van der Waals surface area (Å²) < 4.78 is 0. The number of nitrogens with zero attached hydrogens (tertiary/aromatic N) is 1. The smallest absolute Gasteiger partial charge is 0.237 e. The van der Waals surface area contributed by atoms with Gasteiger partial charge in [-0.2, -0.15) is 0 Å². The first-order chi connectivity index (χ1) is 6.70. The number of amides is 1. The first-order valence-corrected chi connectivity index (χ1v) is 5.45. The normalized spacial score (nSPS) is 33.3. The van der Waals surface area contributed by atoms with Crippen molar-refractivity contribution in [3.8, 4) is 0 Å². The lowest BCUT2D eigenvalue weighted by atomic mass is 10.1. The highest BCUT2D eigenvalue weighted by molar-refractivity contribution is 5.77. The number of likely N-dealkylation sites (tertiary alicyclic amines) is 1. The molecule has 1 heterocycles. The first kappa shape index (κ1) is 9.93. The van der Waals surface area contributed by atoms with Crippen LogP contribution in [0.25, 0.3) is 0 Å². The van der Waals surface area contributed by atoms with Gasteiger partial charge in [-0.15, -0.1) is 0 Å². The maximum Gasteiger partial charge on any atom is 0.237 e. The molecule has 1 saturated heterocycles. The summed E-state index contributed by atoms with van der Waals surface area (Å²) in [6.45, 7) is 3.99. The van der Waals surface area contributed by atoms with E-state index in [1.54, 1.807) is 0 Å². The van der Waals surface area contributed by atoms with E-state index in [1.807, 2.05) is 6.92 Å². The summed E-state index contributed by atoms with van der Waals surface area (Å²) in [5, 5.41) is 0. The molecular weight excluding hydrogens is 178 g/mol. The molecule has 2 aliphatic rings. The molecule has 0 aromatic heterocycles. The van der Waals surface area contributed by atoms with E-state index in [0.29, 0.717) is 0 Å². The van der Waals surface area contributed by atoms with Gasteiger partial charge < -0.3 is 0 Å². The largest absolute Gasteiger partial charge is 0.299 e. The van der Waals surface area contributed by atoms with Gasteiger partial charge >= 0.3 is 0 Å². The Kier molecular flexibility index (Phi) is 2.74. The van der Waals surface area contributed by atoms with E-state index in [2.05, 4.69) is 10.3 Å². The van der Waals surface area contributed by atoms with Crippen LogP contribution in [0.5, 0.6) is 0 Å². The van der Waals surface area contributed by atoms with E-state index in [0.717, 1.165) is 18.5 Å². The fourth-order valence-electron chi connectivity index (χ4n) is 2.83. The molecule has 2 fully saturated rings. The van der Waals surface area contributed by atoms with Crippen molar-refractivity contribution in [1.29, 1.82) is 0 Å². The summed E-state index contributed by atoms with van der Waals surface area (Å²) in [6.07, 6.45) is 4.05. The molecule has 3 unspecified atom stereocenters. The second-order valence-corrected chi connectivity index (χ2v) is 4.70. The number of hydrogen-bond acceptors (Lipinski definition) is 3. The van der Waals surface area contributed by atoms with Crippen molar-refractivity contribution in [1.82, 2.24) is 10.3 Å². The van der Waals surface area contributed by atoms with E-state index in [-0.39, 0.29) is 11.8 Å². The third-order valence-corrected chi connectivity index (χ3v) is 3.62. The molecular formula is C10H19N3O. The predicted octanol–water partition coefficient (Wildman–Crippen LogP) is 0.0967. The van der Waals surface area contributed by atoms with Gasteiger partial charge in [-0.1, -0.05) is 6.92 Å². The Bertz CT molecular complexity index is 231. The van der Waals surface area contributed by atoms with E-state index >= 15 is 0 Å². The van der Waals surface area contributed by atoms with Crippen LogP contribution in [0.1, 0.15) is 26.2 Å². The summed E-state index contributed by atoms with van der Waals surface area (Å²) >= 11 is 0. The first-order valence-electron chi connectivity index (χ1n) is 5.45. The van der Waals surface area contributed by atoms with Crippen LogP contribution in [0, 0.1) is 11.8 Å². The summed E-state index contributed by atoms with van der Waals surface area (Å²) in [6, 6.07) is 0.744. The molecule has 1 aliphatic heterocycles. The number of rotatable bonds is 3. The van der Waals surface area contributed by atoms with Gasteiger partial charge in [0.15, 0.2) is 0 Å². The fraction of sp³-hybridized carbons (Fsp3) is 0.900. The van der Waals surface area contributed by atoms with Crippen LogP contribution in [-0.2, 0) is 4.79 Å². The van der Waals surface area contributed by atoms with Gasteiger partial charge in [-0.3, -0.25) is 15.1 Å². The molecule has 3 atom stereocenters. The van der Waals surface area contributed by atoms with E-state index < -0.39 is 0 Å². The maximum atomic E-state index is 11.2. The van der Waals surface area contributed by atoms with Crippen LogP contribution in [0.15, 0.2) is 0 Å². The lowest BCUT2D eigenvalue weighted by Gasteiger charge is -2.28. The standard InChI is InChI=1S/C10H19N3O/c1-7(10(14)12-11)5-13-6-8-2-3-9(13)4-8/h7-9H,2-6,11H2,1H3,(H,12,14). The van der Waals surface area contributed by atoms with Crippen LogP contribution in [0.2, 0.25) is 0 Å². The van der Waals surface area contributed by atoms with Crippen molar-refractivity contribution in [2.24, 2.45) is 17.7 Å². The van der Waals surface area contributed by atoms with E-state index in [4.69, 9.17) is 5.84 Å². The van der Waals surface area contributed by atoms with Crippen molar-refractivity contribution in [2.75, 3.05) is 13.1 Å². The third kappa shape index (κ3) is 1.77. The number of hydrazine groups is 1. The summed E-state index contributed by atoms with van der Waals surface area (Å²) in [4.78, 5) is 13.7. The van der Waals surface area contributed by atoms with Gasteiger partial charge in [0.05, 0.1) is 0 Å². The van der Waals surface area contributed by atoms with Crippen molar-refractivity contribution in [3.05, 3.63) is 0 Å². The zero-order valence-corrected chi connectivity index (χ0v) is 8.70. The molecule has 1 amide bonds. The minimum atomic E-state index is -0.0484. The van der Waals surface area contributed by atoms with Crippen molar-refractivity contribution in [3.63, 3.8) is 0 Å². The quantitative estimate of drug-likeness (QED) is 0.383. The molecule has 2 rings (SSSR count). The molecule has 1 aliphatic carbocycles. The number of nitrogens with one attached hydrogen (secondary N) is 1. The highest BCUT2D eigenvalue weighted by Gasteiger charge is 2.38. The van der Waals surface area contributed by atoms with Crippen LogP contribution in [-0.4, -0.2) is 29.9 Å². The Balaban J connectivity index is 1.83. The fourth-order valence-corrected chi connectivity index (χ4v) is 2.83. The zero-order chi connectivity index (χ0) is 10.1. The van der Waals surface area contributed by atoms with Crippen molar-refractivity contribution < 1.29 is 4.79 Å². The minimum absolute atomic E-state index is 0.0133. The molecule has 4 nitrogen and oxygen atoms in total. The molecule has 0 radical (unpaired) electrons. The molecule has 2 bridgehead atoms.